The van der Waals surface area contributed by atoms with Crippen LogP contribution in [0.1, 0.15) is 42.9 Å². The van der Waals surface area contributed by atoms with Crippen molar-refractivity contribution >= 4 is 15.9 Å². The van der Waals surface area contributed by atoms with Crippen LogP contribution < -0.4 is 5.73 Å². The van der Waals surface area contributed by atoms with Crippen LogP contribution in [-0.4, -0.2) is 24.0 Å². The SMILES string of the molecule is Cc1cc(C2C(CN)CCCN2C2CC2)ccc1Br. The molecule has 1 saturated carbocycles. The zero-order valence-electron chi connectivity index (χ0n) is 11.6. The molecular weight excluding hydrogens is 300 g/mol. The van der Waals surface area contributed by atoms with Crippen LogP contribution >= 0.6 is 15.9 Å². The van der Waals surface area contributed by atoms with Gasteiger partial charge in [-0.15, -0.1) is 0 Å². The topological polar surface area (TPSA) is 29.3 Å². The van der Waals surface area contributed by atoms with Gasteiger partial charge in [-0.25, -0.2) is 0 Å². The fraction of sp³-hybridized carbons (Fsp3) is 0.625. The predicted molar refractivity (Wildman–Crippen MR) is 83.1 cm³/mol. The Morgan fingerprint density at radius 1 is 1.32 bits per heavy atom. The van der Waals surface area contributed by atoms with E-state index in [1.54, 1.807) is 0 Å². The quantitative estimate of drug-likeness (QED) is 0.920. The lowest BCUT2D eigenvalue weighted by molar-refractivity contribution is 0.0879. The second-order valence-electron chi connectivity index (χ2n) is 6.06. The molecule has 0 bridgehead atoms. The van der Waals surface area contributed by atoms with Crippen molar-refractivity contribution in [3.8, 4) is 0 Å². The fourth-order valence-corrected chi connectivity index (χ4v) is 3.73. The summed E-state index contributed by atoms with van der Waals surface area (Å²) in [4.78, 5) is 2.73. The van der Waals surface area contributed by atoms with Gasteiger partial charge >= 0.3 is 0 Å². The van der Waals surface area contributed by atoms with Crippen molar-refractivity contribution in [3.05, 3.63) is 33.8 Å². The number of hydrogen-bond donors (Lipinski definition) is 1. The van der Waals surface area contributed by atoms with Gasteiger partial charge in [0.05, 0.1) is 0 Å². The molecular formula is C16H23BrN2. The molecule has 2 fully saturated rings. The van der Waals surface area contributed by atoms with E-state index in [1.165, 1.54) is 47.8 Å². The van der Waals surface area contributed by atoms with E-state index >= 15 is 0 Å². The average Bonchev–Trinajstić information content (AvgIpc) is 3.25. The summed E-state index contributed by atoms with van der Waals surface area (Å²) in [5.41, 5.74) is 8.83. The molecule has 1 heterocycles. The first-order valence-corrected chi connectivity index (χ1v) is 8.22. The zero-order chi connectivity index (χ0) is 13.4. The Morgan fingerprint density at radius 3 is 2.74 bits per heavy atom. The number of halogens is 1. The van der Waals surface area contributed by atoms with E-state index in [-0.39, 0.29) is 0 Å². The summed E-state index contributed by atoms with van der Waals surface area (Å²) in [5, 5.41) is 0. The number of nitrogens with two attached hydrogens (primary N) is 1. The number of likely N-dealkylation sites (tertiary alicyclic amines) is 1. The molecule has 3 rings (SSSR count). The lowest BCUT2D eigenvalue weighted by Crippen LogP contribution is -2.42. The molecule has 1 saturated heterocycles. The molecule has 1 aliphatic heterocycles. The average molecular weight is 323 g/mol. The van der Waals surface area contributed by atoms with Crippen LogP contribution in [0.5, 0.6) is 0 Å². The van der Waals surface area contributed by atoms with Crippen LogP contribution in [0, 0.1) is 12.8 Å². The summed E-state index contributed by atoms with van der Waals surface area (Å²) in [7, 11) is 0. The molecule has 2 N–H and O–H groups in total. The number of piperidine rings is 1. The molecule has 3 heteroatoms. The minimum Gasteiger partial charge on any atom is -0.330 e. The molecule has 0 amide bonds. The monoisotopic (exact) mass is 322 g/mol. The molecule has 104 valence electrons. The van der Waals surface area contributed by atoms with E-state index in [0.29, 0.717) is 12.0 Å². The number of hydrogen-bond acceptors (Lipinski definition) is 2. The molecule has 0 radical (unpaired) electrons. The van der Waals surface area contributed by atoms with Crippen LogP contribution in [0.15, 0.2) is 22.7 Å². The van der Waals surface area contributed by atoms with E-state index in [0.717, 1.165) is 12.6 Å². The maximum Gasteiger partial charge on any atom is 0.0391 e. The number of nitrogens with zero attached hydrogens (tertiary/aromatic N) is 1. The first-order chi connectivity index (χ1) is 9.20. The summed E-state index contributed by atoms with van der Waals surface area (Å²) >= 11 is 3.60. The Bertz CT molecular complexity index is 456. The van der Waals surface area contributed by atoms with Gasteiger partial charge in [-0.05, 0) is 68.8 Å². The smallest absolute Gasteiger partial charge is 0.0391 e. The van der Waals surface area contributed by atoms with Crippen molar-refractivity contribution in [1.29, 1.82) is 0 Å². The lowest BCUT2D eigenvalue weighted by Gasteiger charge is -2.42. The van der Waals surface area contributed by atoms with E-state index in [4.69, 9.17) is 5.73 Å². The first-order valence-electron chi connectivity index (χ1n) is 7.42. The van der Waals surface area contributed by atoms with Gasteiger partial charge in [-0.3, -0.25) is 4.90 Å². The highest BCUT2D eigenvalue weighted by atomic mass is 79.9. The molecule has 1 aliphatic carbocycles. The number of aryl methyl sites for hydroxylation is 1. The van der Waals surface area contributed by atoms with Crippen LogP contribution in [-0.2, 0) is 0 Å². The van der Waals surface area contributed by atoms with Crippen LogP contribution in [0.2, 0.25) is 0 Å². The Balaban J connectivity index is 1.93. The summed E-state index contributed by atoms with van der Waals surface area (Å²) < 4.78 is 1.20. The van der Waals surface area contributed by atoms with Crippen LogP contribution in [0.3, 0.4) is 0 Å². The maximum absolute atomic E-state index is 6.05. The second-order valence-corrected chi connectivity index (χ2v) is 6.91. The van der Waals surface area contributed by atoms with Crippen molar-refractivity contribution in [3.63, 3.8) is 0 Å². The highest BCUT2D eigenvalue weighted by molar-refractivity contribution is 9.10. The third-order valence-electron chi connectivity index (χ3n) is 4.64. The van der Waals surface area contributed by atoms with E-state index in [9.17, 15) is 0 Å². The van der Waals surface area contributed by atoms with Crippen molar-refractivity contribution in [2.75, 3.05) is 13.1 Å². The molecule has 1 aromatic rings. The highest BCUT2D eigenvalue weighted by Crippen LogP contribution is 2.42. The van der Waals surface area contributed by atoms with Gasteiger partial charge < -0.3 is 5.73 Å². The molecule has 2 nitrogen and oxygen atoms in total. The molecule has 19 heavy (non-hydrogen) atoms. The van der Waals surface area contributed by atoms with E-state index < -0.39 is 0 Å². The molecule has 0 spiro atoms. The molecule has 2 atom stereocenters. The standard InChI is InChI=1S/C16H23BrN2/c1-11-9-12(4-7-15(11)17)16-13(10-18)3-2-8-19(16)14-5-6-14/h4,7,9,13-14,16H,2-3,5-6,8,10,18H2,1H3. The van der Waals surface area contributed by atoms with Crippen molar-refractivity contribution in [1.82, 2.24) is 4.90 Å². The van der Waals surface area contributed by atoms with Gasteiger partial charge in [0.2, 0.25) is 0 Å². The van der Waals surface area contributed by atoms with Gasteiger partial charge in [0.15, 0.2) is 0 Å². The van der Waals surface area contributed by atoms with Gasteiger partial charge in [0.1, 0.15) is 0 Å². The highest BCUT2D eigenvalue weighted by Gasteiger charge is 2.39. The third kappa shape index (κ3) is 2.74. The Labute approximate surface area is 124 Å². The number of rotatable bonds is 3. The summed E-state index contributed by atoms with van der Waals surface area (Å²) in [6.45, 7) is 4.24. The predicted octanol–water partition coefficient (Wildman–Crippen LogP) is 3.63. The second kappa shape index (κ2) is 5.55. The largest absolute Gasteiger partial charge is 0.330 e. The molecule has 1 aromatic carbocycles. The summed E-state index contributed by atoms with van der Waals surface area (Å²) in [5.74, 6) is 0.620. The zero-order valence-corrected chi connectivity index (χ0v) is 13.2. The van der Waals surface area contributed by atoms with Crippen LogP contribution in [0.4, 0.5) is 0 Å². The van der Waals surface area contributed by atoms with E-state index in [1.807, 2.05) is 0 Å². The fourth-order valence-electron chi connectivity index (χ4n) is 3.48. The minimum absolute atomic E-state index is 0.540. The van der Waals surface area contributed by atoms with Crippen LogP contribution in [0.25, 0.3) is 0 Å². The van der Waals surface area contributed by atoms with Crippen molar-refractivity contribution in [2.45, 2.75) is 44.7 Å². The van der Waals surface area contributed by atoms with Gasteiger partial charge in [-0.1, -0.05) is 28.1 Å². The Hall–Kier alpha value is -0.380. The first kappa shape index (κ1) is 13.6. The lowest BCUT2D eigenvalue weighted by atomic mass is 9.84. The van der Waals surface area contributed by atoms with Gasteiger partial charge in [0.25, 0.3) is 0 Å². The molecule has 2 unspecified atom stereocenters. The Kier molecular flexibility index (Phi) is 3.97. The molecule has 2 aliphatic rings. The number of benzene rings is 1. The maximum atomic E-state index is 6.05. The van der Waals surface area contributed by atoms with Crippen molar-refractivity contribution < 1.29 is 0 Å². The van der Waals surface area contributed by atoms with Crippen molar-refractivity contribution in [2.24, 2.45) is 11.7 Å². The normalized spacial score (nSPS) is 28.6. The Morgan fingerprint density at radius 2 is 2.11 bits per heavy atom. The molecule has 0 aromatic heterocycles. The minimum atomic E-state index is 0.540. The van der Waals surface area contributed by atoms with Gasteiger partial charge in [0, 0.05) is 16.6 Å². The summed E-state index contributed by atoms with van der Waals surface area (Å²) in [6.07, 6.45) is 5.34. The third-order valence-corrected chi connectivity index (χ3v) is 5.53. The summed E-state index contributed by atoms with van der Waals surface area (Å²) in [6, 6.07) is 8.18. The van der Waals surface area contributed by atoms with E-state index in [2.05, 4.69) is 46.0 Å². The van der Waals surface area contributed by atoms with Gasteiger partial charge in [-0.2, -0.15) is 0 Å².